The second kappa shape index (κ2) is 7.78. The monoisotopic (exact) mass is 289 g/mol. The van der Waals surface area contributed by atoms with Gasteiger partial charge in [0.05, 0.1) is 0 Å². The third-order valence-electron chi connectivity index (χ3n) is 3.81. The van der Waals surface area contributed by atoms with Crippen molar-refractivity contribution in [2.24, 2.45) is 16.6 Å². The summed E-state index contributed by atoms with van der Waals surface area (Å²) in [5, 5.41) is 3.00. The Hall–Kier alpha value is -1.88. The number of hydrogen-bond acceptors (Lipinski definition) is 3. The van der Waals surface area contributed by atoms with E-state index >= 15 is 0 Å². The Morgan fingerprint density at radius 1 is 1.38 bits per heavy atom. The first-order valence-corrected chi connectivity index (χ1v) is 7.35. The summed E-state index contributed by atoms with van der Waals surface area (Å²) < 4.78 is 5.32. The van der Waals surface area contributed by atoms with Crippen LogP contribution >= 0.6 is 0 Å². The van der Waals surface area contributed by atoms with Crippen LogP contribution in [0, 0.1) is 5.92 Å². The van der Waals surface area contributed by atoms with Crippen LogP contribution in [0.1, 0.15) is 30.9 Å². The van der Waals surface area contributed by atoms with E-state index in [0.29, 0.717) is 18.2 Å². The zero-order chi connectivity index (χ0) is 15.1. The highest BCUT2D eigenvalue weighted by molar-refractivity contribution is 5.91. The SMILES string of the molecule is CN=C(N)C(NC(=O)CC1CCOCC1)c1ccccc1. The van der Waals surface area contributed by atoms with Gasteiger partial charge in [0.15, 0.2) is 0 Å². The Bertz CT molecular complexity index is 482. The number of rotatable bonds is 5. The molecular formula is C16H23N3O2. The highest BCUT2D eigenvalue weighted by Crippen LogP contribution is 2.19. The zero-order valence-corrected chi connectivity index (χ0v) is 12.4. The molecule has 0 aliphatic carbocycles. The number of nitrogens with two attached hydrogens (primary N) is 1. The summed E-state index contributed by atoms with van der Waals surface area (Å²) in [6.07, 6.45) is 2.41. The van der Waals surface area contributed by atoms with Gasteiger partial charge in [-0.25, -0.2) is 0 Å². The van der Waals surface area contributed by atoms with Gasteiger partial charge in [0, 0.05) is 26.7 Å². The van der Waals surface area contributed by atoms with Gasteiger partial charge in [0.25, 0.3) is 0 Å². The number of carbonyl (C=O) groups excluding carboxylic acids is 1. The number of benzene rings is 1. The molecule has 1 saturated heterocycles. The van der Waals surface area contributed by atoms with Crippen LogP contribution in [0.5, 0.6) is 0 Å². The van der Waals surface area contributed by atoms with Crippen molar-refractivity contribution in [1.29, 1.82) is 0 Å². The van der Waals surface area contributed by atoms with E-state index in [1.165, 1.54) is 0 Å². The third kappa shape index (κ3) is 4.56. The molecule has 114 valence electrons. The largest absolute Gasteiger partial charge is 0.385 e. The molecule has 0 spiro atoms. The molecule has 1 aliphatic heterocycles. The summed E-state index contributed by atoms with van der Waals surface area (Å²) in [4.78, 5) is 16.3. The maximum absolute atomic E-state index is 12.3. The maximum atomic E-state index is 12.3. The van der Waals surface area contributed by atoms with Gasteiger partial charge >= 0.3 is 0 Å². The molecule has 5 nitrogen and oxygen atoms in total. The normalized spacial score (nSPS) is 18.2. The lowest BCUT2D eigenvalue weighted by atomic mass is 9.95. The van der Waals surface area contributed by atoms with Crippen molar-refractivity contribution in [2.75, 3.05) is 20.3 Å². The first-order valence-electron chi connectivity index (χ1n) is 7.35. The summed E-state index contributed by atoms with van der Waals surface area (Å²) >= 11 is 0. The smallest absolute Gasteiger partial charge is 0.221 e. The molecule has 1 fully saturated rings. The number of amidine groups is 1. The van der Waals surface area contributed by atoms with Crippen LogP contribution < -0.4 is 11.1 Å². The van der Waals surface area contributed by atoms with E-state index in [1.54, 1.807) is 7.05 Å². The van der Waals surface area contributed by atoms with Crippen molar-refractivity contribution in [3.8, 4) is 0 Å². The minimum atomic E-state index is -0.358. The van der Waals surface area contributed by atoms with Crippen molar-refractivity contribution < 1.29 is 9.53 Å². The van der Waals surface area contributed by atoms with Crippen molar-refractivity contribution in [2.45, 2.75) is 25.3 Å². The van der Waals surface area contributed by atoms with E-state index in [1.807, 2.05) is 30.3 Å². The highest BCUT2D eigenvalue weighted by Gasteiger charge is 2.22. The van der Waals surface area contributed by atoms with E-state index in [2.05, 4.69) is 10.3 Å². The summed E-state index contributed by atoms with van der Waals surface area (Å²) in [6, 6.07) is 9.31. The number of amides is 1. The van der Waals surface area contributed by atoms with Gasteiger partial charge in [-0.15, -0.1) is 0 Å². The lowest BCUT2D eigenvalue weighted by molar-refractivity contribution is -0.123. The molecule has 1 aliphatic rings. The Morgan fingerprint density at radius 3 is 2.67 bits per heavy atom. The first kappa shape index (κ1) is 15.5. The van der Waals surface area contributed by atoms with Gasteiger partial charge < -0.3 is 15.8 Å². The topological polar surface area (TPSA) is 76.7 Å². The molecule has 0 radical (unpaired) electrons. The fraction of sp³-hybridized carbons (Fsp3) is 0.500. The van der Waals surface area contributed by atoms with Gasteiger partial charge in [0.2, 0.25) is 5.91 Å². The quantitative estimate of drug-likeness (QED) is 0.639. The molecule has 5 heteroatoms. The molecule has 0 saturated carbocycles. The Kier molecular flexibility index (Phi) is 5.75. The Balaban J connectivity index is 2.00. The lowest BCUT2D eigenvalue weighted by Crippen LogP contribution is -2.38. The fourth-order valence-corrected chi connectivity index (χ4v) is 2.54. The number of nitrogens with zero attached hydrogens (tertiary/aromatic N) is 1. The van der Waals surface area contributed by atoms with Gasteiger partial charge in [0.1, 0.15) is 11.9 Å². The minimum absolute atomic E-state index is 0.0161. The average Bonchev–Trinajstić information content (AvgIpc) is 2.53. The molecule has 1 atom stereocenters. The van der Waals surface area contributed by atoms with E-state index in [9.17, 15) is 4.79 Å². The standard InChI is InChI=1S/C16H23N3O2/c1-18-16(17)15(13-5-3-2-4-6-13)19-14(20)11-12-7-9-21-10-8-12/h2-6,12,15H,7-11H2,1H3,(H2,17,18)(H,19,20). The number of ether oxygens (including phenoxy) is 1. The summed E-state index contributed by atoms with van der Waals surface area (Å²) in [6.45, 7) is 1.50. The van der Waals surface area contributed by atoms with Crippen LogP contribution in [-0.4, -0.2) is 32.0 Å². The Morgan fingerprint density at radius 2 is 2.05 bits per heavy atom. The summed E-state index contributed by atoms with van der Waals surface area (Å²) in [5.41, 5.74) is 6.89. The zero-order valence-electron chi connectivity index (χ0n) is 12.4. The molecule has 0 aromatic heterocycles. The van der Waals surface area contributed by atoms with Crippen LogP contribution in [-0.2, 0) is 9.53 Å². The summed E-state index contributed by atoms with van der Waals surface area (Å²) in [7, 11) is 1.63. The number of hydrogen-bond donors (Lipinski definition) is 2. The van der Waals surface area contributed by atoms with E-state index in [-0.39, 0.29) is 11.9 Å². The van der Waals surface area contributed by atoms with Gasteiger partial charge in [-0.1, -0.05) is 30.3 Å². The molecular weight excluding hydrogens is 266 g/mol. The van der Waals surface area contributed by atoms with Gasteiger partial charge in [-0.2, -0.15) is 0 Å². The maximum Gasteiger partial charge on any atom is 0.221 e. The number of aliphatic imine (C=N–C) groups is 1. The fourth-order valence-electron chi connectivity index (χ4n) is 2.54. The first-order chi connectivity index (χ1) is 10.2. The minimum Gasteiger partial charge on any atom is -0.385 e. The highest BCUT2D eigenvalue weighted by atomic mass is 16.5. The van der Waals surface area contributed by atoms with Crippen molar-refractivity contribution >= 4 is 11.7 Å². The van der Waals surface area contributed by atoms with Crippen molar-refractivity contribution in [3.05, 3.63) is 35.9 Å². The molecule has 3 N–H and O–H groups in total. The third-order valence-corrected chi connectivity index (χ3v) is 3.81. The van der Waals surface area contributed by atoms with Gasteiger partial charge in [-0.05, 0) is 24.3 Å². The van der Waals surface area contributed by atoms with E-state index in [0.717, 1.165) is 31.6 Å². The van der Waals surface area contributed by atoms with Crippen LogP contribution in [0.25, 0.3) is 0 Å². The molecule has 1 unspecified atom stereocenters. The van der Waals surface area contributed by atoms with Crippen LogP contribution in [0.15, 0.2) is 35.3 Å². The molecule has 2 rings (SSSR count). The summed E-state index contributed by atoms with van der Waals surface area (Å²) in [5.74, 6) is 0.832. The second-order valence-electron chi connectivity index (χ2n) is 5.32. The Labute approximate surface area is 125 Å². The molecule has 0 bridgehead atoms. The number of carbonyl (C=O) groups is 1. The molecule has 1 amide bonds. The second-order valence-corrected chi connectivity index (χ2v) is 5.32. The van der Waals surface area contributed by atoms with Gasteiger partial charge in [-0.3, -0.25) is 9.79 Å². The van der Waals surface area contributed by atoms with E-state index < -0.39 is 0 Å². The predicted molar refractivity (Wildman–Crippen MR) is 83.0 cm³/mol. The predicted octanol–water partition coefficient (Wildman–Crippen LogP) is 1.65. The van der Waals surface area contributed by atoms with Crippen LogP contribution in [0.2, 0.25) is 0 Å². The lowest BCUT2D eigenvalue weighted by Gasteiger charge is -2.23. The molecule has 1 aromatic carbocycles. The molecule has 21 heavy (non-hydrogen) atoms. The van der Waals surface area contributed by atoms with Crippen molar-refractivity contribution in [1.82, 2.24) is 5.32 Å². The van der Waals surface area contributed by atoms with E-state index in [4.69, 9.17) is 10.5 Å². The molecule has 1 aromatic rings. The van der Waals surface area contributed by atoms with Crippen molar-refractivity contribution in [3.63, 3.8) is 0 Å². The molecule has 1 heterocycles. The van der Waals surface area contributed by atoms with Crippen LogP contribution in [0.3, 0.4) is 0 Å². The average molecular weight is 289 g/mol. The number of nitrogens with one attached hydrogen (secondary N) is 1. The van der Waals surface area contributed by atoms with Crippen LogP contribution in [0.4, 0.5) is 0 Å².